The number of halogens is 1. The highest BCUT2D eigenvalue weighted by Gasteiger charge is 2.39. The molecular formula is C28H40IN5O7. The molecule has 0 aliphatic carbocycles. The minimum absolute atomic E-state index is 0.0272. The number of hydrogen-bond donors (Lipinski definition) is 5. The van der Waals surface area contributed by atoms with Gasteiger partial charge in [-0.2, -0.15) is 0 Å². The number of benzene rings is 1. The van der Waals surface area contributed by atoms with Crippen molar-refractivity contribution in [1.82, 2.24) is 20.4 Å². The highest BCUT2D eigenvalue weighted by Crippen LogP contribution is 2.29. The summed E-state index contributed by atoms with van der Waals surface area (Å²) in [7, 11) is 1.55. The number of nitrogens with zero attached hydrogens (tertiary/aromatic N) is 2. The number of amides is 2. The van der Waals surface area contributed by atoms with E-state index in [1.807, 2.05) is 0 Å². The van der Waals surface area contributed by atoms with Crippen LogP contribution in [0.25, 0.3) is 0 Å². The monoisotopic (exact) mass is 685 g/mol. The summed E-state index contributed by atoms with van der Waals surface area (Å²) in [5, 5.41) is 22.2. The predicted octanol–water partition coefficient (Wildman–Crippen LogP) is 1.78. The number of rotatable bonds is 8. The number of carbonyl (C=O) groups excluding carboxylic acids is 2. The van der Waals surface area contributed by atoms with Crippen LogP contribution in [-0.2, 0) is 14.4 Å². The molecule has 2 amide bonds. The Balaban J connectivity index is 0.000000507. The first-order chi connectivity index (χ1) is 19.6. The second-order valence-corrected chi connectivity index (χ2v) is 11.6. The smallest absolute Gasteiger partial charge is 0.328 e. The number of carbonyl (C=O) groups is 4. The van der Waals surface area contributed by atoms with Crippen molar-refractivity contribution in [3.05, 3.63) is 33.4 Å². The molecule has 226 valence electrons. The van der Waals surface area contributed by atoms with Gasteiger partial charge in [-0.25, -0.2) is 9.59 Å². The van der Waals surface area contributed by atoms with Crippen LogP contribution in [0.1, 0.15) is 48.9 Å². The summed E-state index contributed by atoms with van der Waals surface area (Å²) in [5.41, 5.74) is 7.07. The van der Waals surface area contributed by atoms with E-state index in [2.05, 4.69) is 43.0 Å². The molecule has 1 aromatic carbocycles. The van der Waals surface area contributed by atoms with Gasteiger partial charge < -0.3 is 36.2 Å². The molecule has 0 bridgehead atoms. The van der Waals surface area contributed by atoms with E-state index in [9.17, 15) is 19.2 Å². The zero-order valence-corrected chi connectivity index (χ0v) is 25.5. The maximum atomic E-state index is 13.5. The topological polar surface area (TPSA) is 175 Å². The lowest BCUT2D eigenvalue weighted by molar-refractivity contribution is -0.139. The molecule has 4 rings (SSSR count). The molecule has 3 saturated heterocycles. The number of hydrogen-bond acceptors (Lipinski definition) is 8. The molecule has 3 aliphatic heterocycles. The molecule has 1 unspecified atom stereocenters. The van der Waals surface area contributed by atoms with E-state index in [-0.39, 0.29) is 18.0 Å². The van der Waals surface area contributed by atoms with Crippen LogP contribution in [-0.4, -0.2) is 102 Å². The number of piperidine rings is 2. The maximum absolute atomic E-state index is 13.5. The van der Waals surface area contributed by atoms with Crippen molar-refractivity contribution in [1.29, 1.82) is 0 Å². The number of aliphatic carboxylic acids is 2. The summed E-state index contributed by atoms with van der Waals surface area (Å²) in [6, 6.07) is 3.54. The number of nitrogen functional groups attached to an aromatic ring is 1. The molecule has 0 spiro atoms. The van der Waals surface area contributed by atoms with Crippen molar-refractivity contribution in [3.8, 4) is 5.75 Å². The van der Waals surface area contributed by atoms with E-state index in [0.717, 1.165) is 81.4 Å². The first-order valence-corrected chi connectivity index (χ1v) is 15.0. The van der Waals surface area contributed by atoms with E-state index in [4.69, 9.17) is 20.7 Å². The second-order valence-electron chi connectivity index (χ2n) is 10.4. The van der Waals surface area contributed by atoms with E-state index in [0.29, 0.717) is 41.0 Å². The molecular weight excluding hydrogens is 645 g/mol. The average Bonchev–Trinajstić information content (AvgIpc) is 3.50. The standard InChI is InChI=1S/C24H36IN5O3.C4H4O4/c1-33-21-15-20(26)19(25)14-18(21)23(31)28-17-6-12-29(13-7-17)22(16-4-8-27-9-5-16)24(32)30-10-2-3-11-30;5-3(6)1-2-4(7)8/h14-17,22,27H,2-13,26H2,1H3,(H,28,31);1-2H,(H,5,6)(H,7,8). The number of nitrogens with two attached hydrogens (primary N) is 1. The van der Waals surface area contributed by atoms with Gasteiger partial charge in [-0.15, -0.1) is 0 Å². The lowest BCUT2D eigenvalue weighted by atomic mass is 9.86. The van der Waals surface area contributed by atoms with Crippen molar-refractivity contribution in [2.45, 2.75) is 50.6 Å². The van der Waals surface area contributed by atoms with Crippen LogP contribution in [0.2, 0.25) is 0 Å². The van der Waals surface area contributed by atoms with E-state index < -0.39 is 11.9 Å². The van der Waals surface area contributed by atoms with Crippen LogP contribution in [0.4, 0.5) is 5.69 Å². The third-order valence-corrected chi connectivity index (χ3v) is 8.63. The van der Waals surface area contributed by atoms with Gasteiger partial charge in [0.1, 0.15) is 5.75 Å². The zero-order valence-electron chi connectivity index (χ0n) is 23.3. The number of nitrogens with one attached hydrogen (secondary N) is 2. The number of likely N-dealkylation sites (tertiary alicyclic amines) is 2. The van der Waals surface area contributed by atoms with Crippen molar-refractivity contribution >= 4 is 52.0 Å². The zero-order chi connectivity index (χ0) is 29.9. The first-order valence-electron chi connectivity index (χ1n) is 13.9. The molecule has 0 aromatic heterocycles. The number of anilines is 1. The Labute approximate surface area is 253 Å². The van der Waals surface area contributed by atoms with E-state index in [1.165, 1.54) is 0 Å². The molecule has 0 radical (unpaired) electrons. The van der Waals surface area contributed by atoms with Gasteiger partial charge in [0.05, 0.1) is 18.7 Å². The van der Waals surface area contributed by atoms with Crippen LogP contribution in [0, 0.1) is 9.49 Å². The fraction of sp³-hybridized carbons (Fsp3) is 0.571. The molecule has 13 heteroatoms. The Morgan fingerprint density at radius 3 is 2.15 bits per heavy atom. The van der Waals surface area contributed by atoms with Gasteiger partial charge in [0, 0.05) is 59.7 Å². The fourth-order valence-electron chi connectivity index (χ4n) is 5.58. The van der Waals surface area contributed by atoms with Crippen LogP contribution < -0.4 is 21.1 Å². The quantitative estimate of drug-likeness (QED) is 0.154. The number of ether oxygens (including phenoxy) is 1. The summed E-state index contributed by atoms with van der Waals surface area (Å²) in [6.07, 6.45) is 7.14. The van der Waals surface area contributed by atoms with Gasteiger partial charge >= 0.3 is 11.9 Å². The molecule has 1 aromatic rings. The van der Waals surface area contributed by atoms with Crippen LogP contribution in [0.3, 0.4) is 0 Å². The first kappa shape index (κ1) is 32.6. The van der Waals surface area contributed by atoms with Crippen molar-refractivity contribution in [2.75, 3.05) is 52.1 Å². The highest BCUT2D eigenvalue weighted by atomic mass is 127. The molecule has 1 atom stereocenters. The van der Waals surface area contributed by atoms with Crippen LogP contribution >= 0.6 is 22.6 Å². The average molecular weight is 686 g/mol. The second kappa shape index (κ2) is 15.9. The van der Waals surface area contributed by atoms with Gasteiger partial charge in [0.25, 0.3) is 5.91 Å². The molecule has 0 saturated carbocycles. The Hall–Kier alpha value is -2.91. The summed E-state index contributed by atoms with van der Waals surface area (Å²) in [6.45, 7) is 5.43. The van der Waals surface area contributed by atoms with Gasteiger partial charge in [-0.05, 0) is 86.2 Å². The normalized spacial score (nSPS) is 19.3. The molecule has 41 heavy (non-hydrogen) atoms. The molecule has 3 fully saturated rings. The minimum Gasteiger partial charge on any atom is -0.496 e. The molecule has 12 nitrogen and oxygen atoms in total. The Bertz CT molecular complexity index is 1100. The SMILES string of the molecule is COc1cc(N)c(I)cc1C(=O)NC1CCN(C(C(=O)N2CCCC2)C2CCNCC2)CC1.O=C(O)C=CC(=O)O. The number of methoxy groups -OCH3 is 1. The third-order valence-electron chi connectivity index (χ3n) is 7.69. The van der Waals surface area contributed by atoms with Gasteiger partial charge in [-0.1, -0.05) is 0 Å². The molecule has 3 aliphatic rings. The summed E-state index contributed by atoms with van der Waals surface area (Å²) < 4.78 is 6.21. The minimum atomic E-state index is -1.26. The van der Waals surface area contributed by atoms with Crippen molar-refractivity contribution in [3.63, 3.8) is 0 Å². The summed E-state index contributed by atoms with van der Waals surface area (Å²) in [5.74, 6) is -1.43. The lowest BCUT2D eigenvalue weighted by Crippen LogP contribution is -2.57. The predicted molar refractivity (Wildman–Crippen MR) is 162 cm³/mol. The third kappa shape index (κ3) is 9.57. The molecule has 6 N–H and O–H groups in total. The summed E-state index contributed by atoms with van der Waals surface area (Å²) >= 11 is 2.13. The van der Waals surface area contributed by atoms with Gasteiger partial charge in [-0.3, -0.25) is 14.5 Å². The molecule has 3 heterocycles. The van der Waals surface area contributed by atoms with Crippen molar-refractivity contribution in [2.24, 2.45) is 5.92 Å². The van der Waals surface area contributed by atoms with Gasteiger partial charge in [0.2, 0.25) is 5.91 Å². The number of carboxylic acid groups (broad SMARTS) is 2. The van der Waals surface area contributed by atoms with E-state index >= 15 is 0 Å². The van der Waals surface area contributed by atoms with E-state index in [1.54, 1.807) is 19.2 Å². The Morgan fingerprint density at radius 1 is 1.02 bits per heavy atom. The fourth-order valence-corrected chi connectivity index (χ4v) is 6.05. The van der Waals surface area contributed by atoms with Gasteiger partial charge in [0.15, 0.2) is 0 Å². The highest BCUT2D eigenvalue weighted by molar-refractivity contribution is 14.1. The maximum Gasteiger partial charge on any atom is 0.328 e. The largest absolute Gasteiger partial charge is 0.496 e. The van der Waals surface area contributed by atoms with Crippen molar-refractivity contribution < 1.29 is 34.1 Å². The van der Waals surface area contributed by atoms with Crippen LogP contribution in [0.15, 0.2) is 24.3 Å². The lowest BCUT2D eigenvalue weighted by Gasteiger charge is -2.42. The Kier molecular flexibility index (Phi) is 12.7. The van der Waals surface area contributed by atoms with Crippen LogP contribution in [0.5, 0.6) is 5.75 Å². The number of carboxylic acids is 2. The summed E-state index contributed by atoms with van der Waals surface area (Å²) in [4.78, 5) is 50.1. The Morgan fingerprint density at radius 2 is 1.61 bits per heavy atom.